The van der Waals surface area contributed by atoms with Gasteiger partial charge in [-0.15, -0.1) is 0 Å². The fourth-order valence-corrected chi connectivity index (χ4v) is 2.31. The number of hydrogen-bond donors (Lipinski definition) is 2. The van der Waals surface area contributed by atoms with Gasteiger partial charge in [0.1, 0.15) is 0 Å². The van der Waals surface area contributed by atoms with Crippen molar-refractivity contribution < 1.29 is 5.11 Å². The molecule has 1 unspecified atom stereocenters. The number of β-amino-alcohol motifs (C(OH)–C–C–N with tert-alkyl or cyclic N) is 1. The monoisotopic (exact) mass is 253 g/mol. The summed E-state index contributed by atoms with van der Waals surface area (Å²) < 4.78 is 0. The molecule has 0 amide bonds. The summed E-state index contributed by atoms with van der Waals surface area (Å²) in [7, 11) is 0. The predicted molar refractivity (Wildman–Crippen MR) is 76.4 cm³/mol. The van der Waals surface area contributed by atoms with E-state index in [1.165, 1.54) is 5.56 Å². The van der Waals surface area contributed by atoms with Crippen molar-refractivity contribution in [3.8, 4) is 0 Å². The molecule has 0 saturated carbocycles. The molecular weight excluding hydrogens is 230 g/mol. The number of hydrogen-bond acceptors (Lipinski definition) is 3. The Morgan fingerprint density at radius 3 is 2.47 bits per heavy atom. The van der Waals surface area contributed by atoms with Gasteiger partial charge in [0.15, 0.2) is 0 Å². The van der Waals surface area contributed by atoms with Crippen molar-refractivity contribution in [2.24, 2.45) is 0 Å². The Kier molecular flexibility index (Phi) is 6.03. The van der Waals surface area contributed by atoms with E-state index >= 15 is 0 Å². The van der Waals surface area contributed by atoms with Gasteiger partial charge in [0, 0.05) is 23.6 Å². The number of rotatable bonds is 6. The minimum atomic E-state index is -0.275. The van der Waals surface area contributed by atoms with E-state index in [2.05, 4.69) is 38.2 Å². The fourth-order valence-electron chi connectivity index (χ4n) is 1.37. The molecule has 0 aliphatic heterocycles. The third kappa shape index (κ3) is 7.42. The van der Waals surface area contributed by atoms with Gasteiger partial charge in [-0.05, 0) is 26.3 Å². The quantitative estimate of drug-likeness (QED) is 0.817. The molecule has 3 heteroatoms. The SMILES string of the molecule is CC(C)(C)NCC(O)CSCc1ccccc1. The molecule has 0 saturated heterocycles. The zero-order valence-electron chi connectivity index (χ0n) is 10.9. The lowest BCUT2D eigenvalue weighted by atomic mass is 10.1. The van der Waals surface area contributed by atoms with Crippen molar-refractivity contribution >= 4 is 11.8 Å². The van der Waals surface area contributed by atoms with E-state index in [9.17, 15) is 5.11 Å². The molecule has 0 spiro atoms. The highest BCUT2D eigenvalue weighted by Gasteiger charge is 2.11. The maximum Gasteiger partial charge on any atom is 0.0755 e. The van der Waals surface area contributed by atoms with E-state index < -0.39 is 0 Å². The van der Waals surface area contributed by atoms with Gasteiger partial charge in [0.05, 0.1) is 6.10 Å². The predicted octanol–water partition coefficient (Wildman–Crippen LogP) is 2.67. The Bertz CT molecular complexity index is 308. The Morgan fingerprint density at radius 2 is 1.88 bits per heavy atom. The summed E-state index contributed by atoms with van der Waals surface area (Å²) in [6.45, 7) is 6.98. The van der Waals surface area contributed by atoms with Gasteiger partial charge in [-0.25, -0.2) is 0 Å². The first kappa shape index (κ1) is 14.6. The van der Waals surface area contributed by atoms with E-state index in [4.69, 9.17) is 0 Å². The minimum Gasteiger partial charge on any atom is -0.391 e. The van der Waals surface area contributed by atoms with E-state index in [1.54, 1.807) is 11.8 Å². The van der Waals surface area contributed by atoms with Gasteiger partial charge < -0.3 is 10.4 Å². The van der Waals surface area contributed by atoms with Crippen LogP contribution in [-0.2, 0) is 5.75 Å². The second kappa shape index (κ2) is 7.04. The normalized spacial score (nSPS) is 13.6. The molecule has 0 aromatic heterocycles. The van der Waals surface area contributed by atoms with Crippen LogP contribution in [0.3, 0.4) is 0 Å². The smallest absolute Gasteiger partial charge is 0.0755 e. The van der Waals surface area contributed by atoms with E-state index in [-0.39, 0.29) is 11.6 Å². The zero-order valence-corrected chi connectivity index (χ0v) is 11.8. The molecule has 2 nitrogen and oxygen atoms in total. The van der Waals surface area contributed by atoms with Gasteiger partial charge in [0.25, 0.3) is 0 Å². The summed E-state index contributed by atoms with van der Waals surface area (Å²) in [5, 5.41) is 13.1. The summed E-state index contributed by atoms with van der Waals surface area (Å²) in [5.74, 6) is 1.74. The average molecular weight is 253 g/mol. The second-order valence-electron chi connectivity index (χ2n) is 5.29. The van der Waals surface area contributed by atoms with Crippen molar-refractivity contribution in [3.05, 3.63) is 35.9 Å². The standard InChI is InChI=1S/C14H23NOS/c1-14(2,3)15-9-13(16)11-17-10-12-7-5-4-6-8-12/h4-8,13,15-16H,9-11H2,1-3H3. The molecule has 0 bridgehead atoms. The van der Waals surface area contributed by atoms with Gasteiger partial charge in [0.2, 0.25) is 0 Å². The molecule has 0 heterocycles. The van der Waals surface area contributed by atoms with Crippen LogP contribution in [-0.4, -0.2) is 29.0 Å². The third-order valence-electron chi connectivity index (χ3n) is 2.29. The highest BCUT2D eigenvalue weighted by Crippen LogP contribution is 2.12. The molecular formula is C14H23NOS. The average Bonchev–Trinajstić information content (AvgIpc) is 2.27. The van der Waals surface area contributed by atoms with Crippen LogP contribution in [0.2, 0.25) is 0 Å². The first-order chi connectivity index (χ1) is 7.97. The molecule has 17 heavy (non-hydrogen) atoms. The molecule has 0 radical (unpaired) electrons. The number of aliphatic hydroxyl groups excluding tert-OH is 1. The molecule has 0 aliphatic carbocycles. The Morgan fingerprint density at radius 1 is 1.24 bits per heavy atom. The Hall–Kier alpha value is -0.510. The number of aliphatic hydroxyl groups is 1. The summed E-state index contributed by atoms with van der Waals surface area (Å²) >= 11 is 1.78. The number of thioether (sulfide) groups is 1. The van der Waals surface area contributed by atoms with Crippen molar-refractivity contribution in [3.63, 3.8) is 0 Å². The Balaban J connectivity index is 2.14. The second-order valence-corrected chi connectivity index (χ2v) is 6.32. The van der Waals surface area contributed by atoms with Gasteiger partial charge >= 0.3 is 0 Å². The fraction of sp³-hybridized carbons (Fsp3) is 0.571. The van der Waals surface area contributed by atoms with Crippen molar-refractivity contribution in [1.29, 1.82) is 0 Å². The van der Waals surface area contributed by atoms with E-state index in [0.29, 0.717) is 6.54 Å². The van der Waals surface area contributed by atoms with E-state index in [0.717, 1.165) is 11.5 Å². The van der Waals surface area contributed by atoms with Crippen LogP contribution in [0.1, 0.15) is 26.3 Å². The molecule has 1 aromatic rings. The topological polar surface area (TPSA) is 32.3 Å². The molecule has 0 fully saturated rings. The third-order valence-corrected chi connectivity index (χ3v) is 3.45. The highest BCUT2D eigenvalue weighted by atomic mass is 32.2. The van der Waals surface area contributed by atoms with Crippen molar-refractivity contribution in [1.82, 2.24) is 5.32 Å². The van der Waals surface area contributed by atoms with Crippen molar-refractivity contribution in [2.45, 2.75) is 38.2 Å². The zero-order chi connectivity index (χ0) is 12.7. The van der Waals surface area contributed by atoms with Crippen LogP contribution in [0.15, 0.2) is 30.3 Å². The van der Waals surface area contributed by atoms with Crippen LogP contribution in [0.5, 0.6) is 0 Å². The number of benzene rings is 1. The van der Waals surface area contributed by atoms with Gasteiger partial charge in [-0.2, -0.15) is 11.8 Å². The first-order valence-electron chi connectivity index (χ1n) is 6.02. The maximum absolute atomic E-state index is 9.81. The largest absolute Gasteiger partial charge is 0.391 e. The lowest BCUT2D eigenvalue weighted by Gasteiger charge is -2.22. The molecule has 1 rings (SSSR count). The summed E-state index contributed by atoms with van der Waals surface area (Å²) in [5.41, 5.74) is 1.39. The van der Waals surface area contributed by atoms with Crippen LogP contribution < -0.4 is 5.32 Å². The molecule has 96 valence electrons. The van der Waals surface area contributed by atoms with Gasteiger partial charge in [-0.3, -0.25) is 0 Å². The Labute approximate surface area is 109 Å². The van der Waals surface area contributed by atoms with Crippen LogP contribution >= 0.6 is 11.8 Å². The van der Waals surface area contributed by atoms with Crippen LogP contribution in [0.4, 0.5) is 0 Å². The minimum absolute atomic E-state index is 0.0745. The lowest BCUT2D eigenvalue weighted by molar-refractivity contribution is 0.183. The summed E-state index contributed by atoms with van der Waals surface area (Å²) in [6.07, 6.45) is -0.275. The van der Waals surface area contributed by atoms with E-state index in [1.807, 2.05) is 18.2 Å². The van der Waals surface area contributed by atoms with Crippen LogP contribution in [0, 0.1) is 0 Å². The maximum atomic E-state index is 9.81. The molecule has 2 N–H and O–H groups in total. The van der Waals surface area contributed by atoms with Crippen LogP contribution in [0.25, 0.3) is 0 Å². The summed E-state index contributed by atoms with van der Waals surface area (Å²) in [6, 6.07) is 10.4. The van der Waals surface area contributed by atoms with Crippen molar-refractivity contribution in [2.75, 3.05) is 12.3 Å². The summed E-state index contributed by atoms with van der Waals surface area (Å²) in [4.78, 5) is 0. The highest BCUT2D eigenvalue weighted by molar-refractivity contribution is 7.98. The number of nitrogens with one attached hydrogen (secondary N) is 1. The molecule has 1 atom stereocenters. The van der Waals surface area contributed by atoms with Gasteiger partial charge in [-0.1, -0.05) is 30.3 Å². The molecule has 0 aliphatic rings. The first-order valence-corrected chi connectivity index (χ1v) is 7.17. The lowest BCUT2D eigenvalue weighted by Crippen LogP contribution is -2.41. The molecule has 1 aromatic carbocycles.